The molecule has 0 aliphatic rings. The maximum Gasteiger partial charge on any atom is 0.121 e. The van der Waals surface area contributed by atoms with E-state index in [2.05, 4.69) is 19.9 Å². The molecular formula is C12H15NO. The fraction of sp³-hybridized carbons (Fsp3) is 0.417. The number of nitriles is 1. The van der Waals surface area contributed by atoms with E-state index in [0.717, 1.165) is 18.6 Å². The normalized spacial score (nSPS) is 9.86. The van der Waals surface area contributed by atoms with E-state index in [4.69, 9.17) is 10.00 Å². The SMILES string of the molecule is CCC(CC)Oc1cccc(C#N)c1. The van der Waals surface area contributed by atoms with Crippen molar-refractivity contribution in [3.8, 4) is 11.8 Å². The second-order valence-corrected chi connectivity index (χ2v) is 3.20. The van der Waals surface area contributed by atoms with Gasteiger partial charge in [0.25, 0.3) is 0 Å². The van der Waals surface area contributed by atoms with E-state index >= 15 is 0 Å². The van der Waals surface area contributed by atoms with Crippen LogP contribution in [0.3, 0.4) is 0 Å². The Hall–Kier alpha value is -1.49. The zero-order valence-electron chi connectivity index (χ0n) is 8.66. The van der Waals surface area contributed by atoms with E-state index in [9.17, 15) is 0 Å². The van der Waals surface area contributed by atoms with Gasteiger partial charge in [0.1, 0.15) is 5.75 Å². The smallest absolute Gasteiger partial charge is 0.121 e. The number of hydrogen-bond acceptors (Lipinski definition) is 2. The van der Waals surface area contributed by atoms with Crippen LogP contribution in [0.4, 0.5) is 0 Å². The topological polar surface area (TPSA) is 33.0 Å². The van der Waals surface area contributed by atoms with E-state index < -0.39 is 0 Å². The van der Waals surface area contributed by atoms with Crippen LogP contribution in [0, 0.1) is 11.3 Å². The van der Waals surface area contributed by atoms with Crippen molar-refractivity contribution in [3.05, 3.63) is 29.8 Å². The lowest BCUT2D eigenvalue weighted by atomic mass is 10.2. The lowest BCUT2D eigenvalue weighted by molar-refractivity contribution is 0.193. The first-order valence-corrected chi connectivity index (χ1v) is 4.97. The summed E-state index contributed by atoms with van der Waals surface area (Å²) in [4.78, 5) is 0. The van der Waals surface area contributed by atoms with Crippen molar-refractivity contribution in [1.82, 2.24) is 0 Å². The van der Waals surface area contributed by atoms with Crippen molar-refractivity contribution >= 4 is 0 Å². The van der Waals surface area contributed by atoms with Crippen molar-refractivity contribution in [1.29, 1.82) is 5.26 Å². The fourth-order valence-electron chi connectivity index (χ4n) is 1.29. The largest absolute Gasteiger partial charge is 0.490 e. The summed E-state index contributed by atoms with van der Waals surface area (Å²) in [6, 6.07) is 9.38. The molecule has 0 fully saturated rings. The molecule has 0 bridgehead atoms. The minimum absolute atomic E-state index is 0.254. The van der Waals surface area contributed by atoms with Crippen molar-refractivity contribution < 1.29 is 4.74 Å². The molecule has 0 unspecified atom stereocenters. The van der Waals surface area contributed by atoms with Crippen LogP contribution in [0.25, 0.3) is 0 Å². The van der Waals surface area contributed by atoms with E-state index in [1.165, 1.54) is 0 Å². The van der Waals surface area contributed by atoms with E-state index in [0.29, 0.717) is 5.56 Å². The molecule has 14 heavy (non-hydrogen) atoms. The Kier molecular flexibility index (Phi) is 4.00. The fourth-order valence-corrected chi connectivity index (χ4v) is 1.29. The van der Waals surface area contributed by atoms with E-state index in [-0.39, 0.29) is 6.10 Å². The molecule has 1 aromatic carbocycles. The highest BCUT2D eigenvalue weighted by atomic mass is 16.5. The molecule has 0 aliphatic heterocycles. The van der Waals surface area contributed by atoms with Gasteiger partial charge in [0.05, 0.1) is 17.7 Å². The summed E-state index contributed by atoms with van der Waals surface area (Å²) in [5.74, 6) is 0.790. The zero-order chi connectivity index (χ0) is 10.4. The number of benzene rings is 1. The molecule has 0 saturated heterocycles. The van der Waals surface area contributed by atoms with Crippen LogP contribution >= 0.6 is 0 Å². The number of rotatable bonds is 4. The molecule has 0 N–H and O–H groups in total. The number of nitrogens with zero attached hydrogens (tertiary/aromatic N) is 1. The number of hydrogen-bond donors (Lipinski definition) is 0. The Morgan fingerprint density at radius 1 is 1.36 bits per heavy atom. The summed E-state index contributed by atoms with van der Waals surface area (Å²) < 4.78 is 5.70. The molecule has 2 heteroatoms. The van der Waals surface area contributed by atoms with Crippen LogP contribution in [0.5, 0.6) is 5.75 Å². The van der Waals surface area contributed by atoms with Crippen LogP contribution in [0.2, 0.25) is 0 Å². The first kappa shape index (κ1) is 10.6. The van der Waals surface area contributed by atoms with Crippen LogP contribution in [0.1, 0.15) is 32.3 Å². The third kappa shape index (κ3) is 2.77. The molecule has 0 radical (unpaired) electrons. The highest BCUT2D eigenvalue weighted by Gasteiger charge is 2.04. The number of ether oxygens (including phenoxy) is 1. The lowest BCUT2D eigenvalue weighted by Crippen LogP contribution is -2.13. The van der Waals surface area contributed by atoms with Gasteiger partial charge in [-0.2, -0.15) is 5.26 Å². The van der Waals surface area contributed by atoms with Gasteiger partial charge in [0.2, 0.25) is 0 Å². The monoisotopic (exact) mass is 189 g/mol. The van der Waals surface area contributed by atoms with Gasteiger partial charge in [-0.05, 0) is 31.0 Å². The van der Waals surface area contributed by atoms with Crippen molar-refractivity contribution in [2.45, 2.75) is 32.8 Å². The molecule has 2 nitrogen and oxygen atoms in total. The summed E-state index contributed by atoms with van der Waals surface area (Å²) in [7, 11) is 0. The standard InChI is InChI=1S/C12H15NO/c1-3-11(4-2)14-12-7-5-6-10(8-12)9-13/h5-8,11H,3-4H2,1-2H3. The molecule has 74 valence electrons. The Bertz CT molecular complexity index is 323. The van der Waals surface area contributed by atoms with Crippen LogP contribution < -0.4 is 4.74 Å². The van der Waals surface area contributed by atoms with E-state index in [1.807, 2.05) is 12.1 Å². The van der Waals surface area contributed by atoms with Gasteiger partial charge >= 0.3 is 0 Å². The first-order chi connectivity index (χ1) is 6.80. The van der Waals surface area contributed by atoms with Gasteiger partial charge in [-0.1, -0.05) is 19.9 Å². The quantitative estimate of drug-likeness (QED) is 0.729. The van der Waals surface area contributed by atoms with Crippen molar-refractivity contribution in [3.63, 3.8) is 0 Å². The minimum atomic E-state index is 0.254. The summed E-state index contributed by atoms with van der Waals surface area (Å²) in [6.45, 7) is 4.20. The average molecular weight is 189 g/mol. The Labute approximate surface area is 85.1 Å². The average Bonchev–Trinajstić information content (AvgIpc) is 2.26. The molecule has 0 spiro atoms. The van der Waals surface area contributed by atoms with Crippen LogP contribution in [0.15, 0.2) is 24.3 Å². The second kappa shape index (κ2) is 5.29. The Morgan fingerprint density at radius 2 is 2.07 bits per heavy atom. The molecule has 1 aromatic rings. The molecule has 0 atom stereocenters. The van der Waals surface area contributed by atoms with Gasteiger partial charge in [-0.25, -0.2) is 0 Å². The maximum atomic E-state index is 8.70. The van der Waals surface area contributed by atoms with Crippen LogP contribution in [-0.4, -0.2) is 6.10 Å². The summed E-state index contributed by atoms with van der Waals surface area (Å²) in [5.41, 5.74) is 0.647. The predicted molar refractivity (Wildman–Crippen MR) is 56.2 cm³/mol. The predicted octanol–water partition coefficient (Wildman–Crippen LogP) is 3.13. The first-order valence-electron chi connectivity index (χ1n) is 4.97. The minimum Gasteiger partial charge on any atom is -0.490 e. The van der Waals surface area contributed by atoms with Gasteiger partial charge in [-0.3, -0.25) is 0 Å². The third-order valence-corrected chi connectivity index (χ3v) is 2.18. The van der Waals surface area contributed by atoms with Gasteiger partial charge in [0, 0.05) is 0 Å². The molecule has 0 aliphatic carbocycles. The van der Waals surface area contributed by atoms with Gasteiger partial charge in [0.15, 0.2) is 0 Å². The van der Waals surface area contributed by atoms with E-state index in [1.54, 1.807) is 12.1 Å². The summed E-state index contributed by atoms with van der Waals surface area (Å²) in [6.07, 6.45) is 2.24. The molecule has 1 rings (SSSR count). The zero-order valence-corrected chi connectivity index (χ0v) is 8.66. The van der Waals surface area contributed by atoms with Crippen molar-refractivity contribution in [2.75, 3.05) is 0 Å². The summed E-state index contributed by atoms with van der Waals surface area (Å²) >= 11 is 0. The Morgan fingerprint density at radius 3 is 2.64 bits per heavy atom. The second-order valence-electron chi connectivity index (χ2n) is 3.20. The molecule has 0 heterocycles. The highest BCUT2D eigenvalue weighted by molar-refractivity contribution is 5.36. The van der Waals surface area contributed by atoms with Gasteiger partial charge in [-0.15, -0.1) is 0 Å². The molecule has 0 aromatic heterocycles. The Balaban J connectivity index is 2.72. The maximum absolute atomic E-state index is 8.70. The lowest BCUT2D eigenvalue weighted by Gasteiger charge is -2.15. The molecule has 0 saturated carbocycles. The highest BCUT2D eigenvalue weighted by Crippen LogP contribution is 2.16. The molecular weight excluding hydrogens is 174 g/mol. The summed E-state index contributed by atoms with van der Waals surface area (Å²) in [5, 5.41) is 8.70. The van der Waals surface area contributed by atoms with Crippen LogP contribution in [-0.2, 0) is 0 Å². The van der Waals surface area contributed by atoms with Crippen molar-refractivity contribution in [2.24, 2.45) is 0 Å². The molecule has 0 amide bonds. The van der Waals surface area contributed by atoms with Gasteiger partial charge < -0.3 is 4.74 Å². The third-order valence-electron chi connectivity index (χ3n) is 2.18.